The first kappa shape index (κ1) is 35.6. The molecule has 2 heteroatoms. The van der Waals surface area contributed by atoms with Gasteiger partial charge in [-0.3, -0.25) is 0 Å². The molecule has 0 unspecified atom stereocenters. The smallest absolute Gasteiger partial charge is 0.136 e. The van der Waals surface area contributed by atoms with Gasteiger partial charge in [0.15, 0.2) is 0 Å². The van der Waals surface area contributed by atoms with Gasteiger partial charge in [0, 0.05) is 38.6 Å². The summed E-state index contributed by atoms with van der Waals surface area (Å²) in [5, 5.41) is 4.73. The minimum absolute atomic E-state index is 0.144. The van der Waals surface area contributed by atoms with Crippen LogP contribution in [0.2, 0.25) is 0 Å². The molecule has 3 aliphatic carbocycles. The van der Waals surface area contributed by atoms with E-state index in [2.05, 4.69) is 225 Å². The van der Waals surface area contributed by atoms with Gasteiger partial charge in [0.25, 0.3) is 0 Å². The van der Waals surface area contributed by atoms with Crippen LogP contribution in [0.5, 0.6) is 0 Å². The van der Waals surface area contributed by atoms with E-state index in [0.29, 0.717) is 0 Å². The molecule has 14 rings (SSSR count). The number of para-hydroxylation sites is 1. The van der Waals surface area contributed by atoms with Gasteiger partial charge in [0.2, 0.25) is 0 Å². The molecule has 2 nitrogen and oxygen atoms in total. The standard InChI is InChI=1S/C62H41NO/c1-61(2)51-21-8-3-15-44(51)48-33-31-41(36-55(48)61)63(40-29-26-38(27-30-40)43-20-13-14-39-28-35-58-60(59(39)43)50-19-7-12-25-57(50)64-58)42-32-34-49-47-18-6-11-24-54(47)62(56(49)37-42)52-22-9-4-16-45(52)46-17-5-10-23-53(46)62/h3-37H,1-2H3. The number of anilines is 3. The molecule has 64 heavy (non-hydrogen) atoms. The summed E-state index contributed by atoms with van der Waals surface area (Å²) < 4.78 is 6.39. The molecule has 1 spiro atoms. The predicted molar refractivity (Wildman–Crippen MR) is 265 cm³/mol. The van der Waals surface area contributed by atoms with Crippen molar-refractivity contribution in [3.05, 3.63) is 246 Å². The maximum absolute atomic E-state index is 6.39. The highest BCUT2D eigenvalue weighted by Crippen LogP contribution is 2.63. The lowest BCUT2D eigenvalue weighted by molar-refractivity contribution is 0.660. The number of fused-ring (bicyclic) bond motifs is 18. The van der Waals surface area contributed by atoms with Crippen LogP contribution in [0.25, 0.3) is 77.2 Å². The molecule has 0 atom stereocenters. The molecule has 11 aromatic rings. The average Bonchev–Trinajstić information content (AvgIpc) is 4.04. The number of rotatable bonds is 4. The van der Waals surface area contributed by atoms with Crippen molar-refractivity contribution in [2.45, 2.75) is 24.7 Å². The van der Waals surface area contributed by atoms with Crippen molar-refractivity contribution in [3.8, 4) is 44.5 Å². The van der Waals surface area contributed by atoms with Crippen molar-refractivity contribution in [3.63, 3.8) is 0 Å². The molecule has 0 bridgehead atoms. The van der Waals surface area contributed by atoms with E-state index in [4.69, 9.17) is 4.42 Å². The molecule has 1 heterocycles. The summed E-state index contributed by atoms with van der Waals surface area (Å²) in [4.78, 5) is 2.48. The number of nitrogens with zero attached hydrogens (tertiary/aromatic N) is 1. The van der Waals surface area contributed by atoms with Gasteiger partial charge >= 0.3 is 0 Å². The van der Waals surface area contributed by atoms with Crippen molar-refractivity contribution >= 4 is 49.8 Å². The maximum atomic E-state index is 6.39. The van der Waals surface area contributed by atoms with Crippen molar-refractivity contribution in [2.75, 3.05) is 4.90 Å². The highest BCUT2D eigenvalue weighted by atomic mass is 16.3. The van der Waals surface area contributed by atoms with Crippen LogP contribution in [0.15, 0.2) is 217 Å². The van der Waals surface area contributed by atoms with E-state index in [0.717, 1.165) is 33.6 Å². The highest BCUT2D eigenvalue weighted by Gasteiger charge is 2.51. The molecule has 1 aromatic heterocycles. The van der Waals surface area contributed by atoms with Crippen LogP contribution in [-0.4, -0.2) is 0 Å². The van der Waals surface area contributed by atoms with Crippen molar-refractivity contribution in [2.24, 2.45) is 0 Å². The lowest BCUT2D eigenvalue weighted by atomic mass is 9.70. The van der Waals surface area contributed by atoms with Crippen LogP contribution >= 0.6 is 0 Å². The van der Waals surface area contributed by atoms with Crippen LogP contribution in [0.1, 0.15) is 47.2 Å². The van der Waals surface area contributed by atoms with Crippen LogP contribution < -0.4 is 4.90 Å². The number of hydrogen-bond acceptors (Lipinski definition) is 2. The van der Waals surface area contributed by atoms with Crippen molar-refractivity contribution in [1.29, 1.82) is 0 Å². The van der Waals surface area contributed by atoms with Gasteiger partial charge in [0.1, 0.15) is 11.2 Å². The molecule has 0 amide bonds. The molecule has 10 aromatic carbocycles. The Bertz CT molecular complexity index is 3710. The third kappa shape index (κ3) is 4.59. The van der Waals surface area contributed by atoms with E-state index >= 15 is 0 Å². The summed E-state index contributed by atoms with van der Waals surface area (Å²) in [5.74, 6) is 0. The summed E-state index contributed by atoms with van der Waals surface area (Å²) in [6.07, 6.45) is 0. The predicted octanol–water partition coefficient (Wildman–Crippen LogP) is 16.5. The van der Waals surface area contributed by atoms with Crippen LogP contribution in [0.4, 0.5) is 17.1 Å². The first-order valence-electron chi connectivity index (χ1n) is 22.4. The second-order valence-corrected chi connectivity index (χ2v) is 18.3. The van der Waals surface area contributed by atoms with Crippen LogP contribution in [-0.2, 0) is 10.8 Å². The zero-order valence-electron chi connectivity index (χ0n) is 35.6. The van der Waals surface area contributed by atoms with Crippen LogP contribution in [0.3, 0.4) is 0 Å². The third-order valence-corrected chi connectivity index (χ3v) is 14.9. The Kier molecular flexibility index (Phi) is 7.13. The monoisotopic (exact) mass is 815 g/mol. The normalized spacial score (nSPS) is 14.3. The van der Waals surface area contributed by atoms with Crippen molar-refractivity contribution < 1.29 is 4.42 Å². The summed E-state index contributed by atoms with van der Waals surface area (Å²) in [7, 11) is 0. The summed E-state index contributed by atoms with van der Waals surface area (Å²) in [5.41, 5.74) is 22.9. The molecule has 0 saturated heterocycles. The minimum atomic E-state index is -0.441. The SMILES string of the molecule is CC1(C)c2ccccc2-c2ccc(N(c3ccc(-c4cccc5ccc6oc7ccccc7c6c45)cc3)c3ccc4c(c3)C3(c5ccccc5-c5ccccc53)c3ccccc3-4)cc21. The fourth-order valence-corrected chi connectivity index (χ4v) is 12.1. The van der Waals surface area contributed by atoms with Gasteiger partial charge in [-0.2, -0.15) is 0 Å². The molecule has 0 aliphatic heterocycles. The highest BCUT2D eigenvalue weighted by molar-refractivity contribution is 6.22. The molecule has 0 saturated carbocycles. The van der Waals surface area contributed by atoms with Gasteiger partial charge in [-0.25, -0.2) is 0 Å². The number of furan rings is 1. The summed E-state index contributed by atoms with van der Waals surface area (Å²) in [6.45, 7) is 4.74. The largest absolute Gasteiger partial charge is 0.456 e. The molecule has 0 radical (unpaired) electrons. The van der Waals surface area contributed by atoms with E-state index in [-0.39, 0.29) is 5.41 Å². The Morgan fingerprint density at radius 1 is 0.344 bits per heavy atom. The lowest BCUT2D eigenvalue weighted by Crippen LogP contribution is -2.26. The Morgan fingerprint density at radius 3 is 1.50 bits per heavy atom. The van der Waals surface area contributed by atoms with Gasteiger partial charge < -0.3 is 9.32 Å². The van der Waals surface area contributed by atoms with E-state index in [1.165, 1.54) is 94.0 Å². The van der Waals surface area contributed by atoms with E-state index in [1.807, 2.05) is 6.07 Å². The Morgan fingerprint density at radius 2 is 0.844 bits per heavy atom. The lowest BCUT2D eigenvalue weighted by Gasteiger charge is -2.32. The minimum Gasteiger partial charge on any atom is -0.456 e. The second-order valence-electron chi connectivity index (χ2n) is 18.3. The Hall–Kier alpha value is -7.94. The number of benzene rings is 10. The van der Waals surface area contributed by atoms with Gasteiger partial charge in [-0.05, 0) is 132 Å². The van der Waals surface area contributed by atoms with Gasteiger partial charge in [0.05, 0.1) is 5.41 Å². The van der Waals surface area contributed by atoms with Crippen molar-refractivity contribution in [1.82, 2.24) is 0 Å². The fraction of sp³-hybridized carbons (Fsp3) is 0.0645. The zero-order valence-corrected chi connectivity index (χ0v) is 35.6. The Balaban J connectivity index is 0.989. The summed E-state index contributed by atoms with van der Waals surface area (Å²) in [6, 6.07) is 79.0. The zero-order chi connectivity index (χ0) is 42.3. The maximum Gasteiger partial charge on any atom is 0.136 e. The Labute approximate surface area is 372 Å². The number of hydrogen-bond donors (Lipinski definition) is 0. The molecular formula is C62H41NO. The topological polar surface area (TPSA) is 16.4 Å². The van der Waals surface area contributed by atoms with Gasteiger partial charge in [-0.1, -0.05) is 178 Å². The molecule has 300 valence electrons. The quantitative estimate of drug-likeness (QED) is 0.176. The third-order valence-electron chi connectivity index (χ3n) is 14.9. The van der Waals surface area contributed by atoms with E-state index < -0.39 is 5.41 Å². The molecular weight excluding hydrogens is 775 g/mol. The molecule has 0 N–H and O–H groups in total. The van der Waals surface area contributed by atoms with Crippen LogP contribution in [0, 0.1) is 0 Å². The first-order valence-corrected chi connectivity index (χ1v) is 22.4. The van der Waals surface area contributed by atoms with Gasteiger partial charge in [-0.15, -0.1) is 0 Å². The van der Waals surface area contributed by atoms with E-state index in [9.17, 15) is 0 Å². The first-order chi connectivity index (χ1) is 31.5. The molecule has 3 aliphatic rings. The van der Waals surface area contributed by atoms with E-state index in [1.54, 1.807) is 0 Å². The molecule has 0 fully saturated rings. The average molecular weight is 816 g/mol. The summed E-state index contributed by atoms with van der Waals surface area (Å²) >= 11 is 0. The second kappa shape index (κ2) is 12.8. The fourth-order valence-electron chi connectivity index (χ4n) is 12.1.